The minimum atomic E-state index is 0.239. The monoisotopic (exact) mass is 337 g/mol. The number of para-hydroxylation sites is 1. The van der Waals surface area contributed by atoms with Gasteiger partial charge in [-0.3, -0.25) is 0 Å². The zero-order valence-corrected chi connectivity index (χ0v) is 12.5. The number of ether oxygens (including phenoxy) is 1. The summed E-state index contributed by atoms with van der Waals surface area (Å²) in [6.07, 6.45) is 0.934. The van der Waals surface area contributed by atoms with Gasteiger partial charge in [0, 0.05) is 16.5 Å². The molecule has 0 aromatic heterocycles. The van der Waals surface area contributed by atoms with E-state index in [0.29, 0.717) is 0 Å². The van der Waals surface area contributed by atoms with E-state index in [0.717, 1.165) is 34.0 Å². The summed E-state index contributed by atoms with van der Waals surface area (Å²) in [6, 6.07) is 14.2. The van der Waals surface area contributed by atoms with Crippen LogP contribution in [0.15, 0.2) is 46.9 Å². The third kappa shape index (κ3) is 2.72. The summed E-state index contributed by atoms with van der Waals surface area (Å²) in [5, 5.41) is 4.22. The van der Waals surface area contributed by atoms with Gasteiger partial charge < -0.3 is 10.1 Å². The maximum Gasteiger partial charge on any atom is 0.124 e. The molecule has 3 rings (SSSR count). The SMILES string of the molecule is Clc1cc(Br)ccc1NC1CCOc2ccccc21. The van der Waals surface area contributed by atoms with Gasteiger partial charge in [-0.25, -0.2) is 0 Å². The predicted molar refractivity (Wildman–Crippen MR) is 82.1 cm³/mol. The first kappa shape index (κ1) is 12.8. The van der Waals surface area contributed by atoms with E-state index in [1.165, 1.54) is 5.56 Å². The van der Waals surface area contributed by atoms with Crippen molar-refractivity contribution >= 4 is 33.2 Å². The van der Waals surface area contributed by atoms with Gasteiger partial charge in [0.2, 0.25) is 0 Å². The Hall–Kier alpha value is -1.19. The molecule has 0 radical (unpaired) electrons. The molecule has 1 atom stereocenters. The van der Waals surface area contributed by atoms with Crippen molar-refractivity contribution in [3.05, 3.63) is 57.5 Å². The number of rotatable bonds is 2. The van der Waals surface area contributed by atoms with Gasteiger partial charge in [0.15, 0.2) is 0 Å². The molecule has 0 saturated carbocycles. The van der Waals surface area contributed by atoms with Gasteiger partial charge in [-0.2, -0.15) is 0 Å². The van der Waals surface area contributed by atoms with Crippen LogP contribution in [0.1, 0.15) is 18.0 Å². The molecule has 1 aliphatic heterocycles. The molecule has 2 nitrogen and oxygen atoms in total. The highest BCUT2D eigenvalue weighted by Gasteiger charge is 2.21. The smallest absolute Gasteiger partial charge is 0.124 e. The van der Waals surface area contributed by atoms with Gasteiger partial charge in [-0.05, 0) is 24.3 Å². The number of fused-ring (bicyclic) bond motifs is 1. The Labute approximate surface area is 125 Å². The Kier molecular flexibility index (Phi) is 3.67. The summed E-state index contributed by atoms with van der Waals surface area (Å²) in [5.41, 5.74) is 2.14. The van der Waals surface area contributed by atoms with E-state index in [-0.39, 0.29) is 6.04 Å². The minimum Gasteiger partial charge on any atom is -0.493 e. The Balaban J connectivity index is 1.88. The Morgan fingerprint density at radius 1 is 1.21 bits per heavy atom. The number of hydrogen-bond donors (Lipinski definition) is 1. The van der Waals surface area contributed by atoms with Gasteiger partial charge in [0.05, 0.1) is 23.4 Å². The van der Waals surface area contributed by atoms with Crippen molar-refractivity contribution < 1.29 is 4.74 Å². The maximum atomic E-state index is 6.25. The van der Waals surface area contributed by atoms with Crippen LogP contribution in [0, 0.1) is 0 Å². The fourth-order valence-electron chi connectivity index (χ4n) is 2.29. The molecule has 0 amide bonds. The quantitative estimate of drug-likeness (QED) is 0.828. The zero-order valence-electron chi connectivity index (χ0n) is 10.2. The highest BCUT2D eigenvalue weighted by molar-refractivity contribution is 9.10. The van der Waals surface area contributed by atoms with Crippen molar-refractivity contribution in [3.8, 4) is 5.75 Å². The van der Waals surface area contributed by atoms with Crippen LogP contribution < -0.4 is 10.1 Å². The van der Waals surface area contributed by atoms with Gasteiger partial charge in [-0.1, -0.05) is 45.7 Å². The lowest BCUT2D eigenvalue weighted by molar-refractivity contribution is 0.274. The second-order valence-electron chi connectivity index (χ2n) is 4.50. The highest BCUT2D eigenvalue weighted by Crippen LogP contribution is 2.36. The van der Waals surface area contributed by atoms with Gasteiger partial charge in [-0.15, -0.1) is 0 Å². The van der Waals surface area contributed by atoms with E-state index in [1.807, 2.05) is 36.4 Å². The lowest BCUT2D eigenvalue weighted by atomic mass is 10.0. The molecule has 4 heteroatoms. The summed E-state index contributed by atoms with van der Waals surface area (Å²) in [7, 11) is 0. The van der Waals surface area contributed by atoms with Crippen molar-refractivity contribution in [1.82, 2.24) is 0 Å². The summed E-state index contributed by atoms with van der Waals surface area (Å²) >= 11 is 9.67. The molecule has 2 aromatic rings. The number of benzene rings is 2. The van der Waals surface area contributed by atoms with Gasteiger partial charge in [0.1, 0.15) is 5.75 Å². The van der Waals surface area contributed by atoms with Crippen LogP contribution in [0.2, 0.25) is 5.02 Å². The molecule has 1 unspecified atom stereocenters. The Morgan fingerprint density at radius 3 is 2.89 bits per heavy atom. The fourth-order valence-corrected chi connectivity index (χ4v) is 3.01. The molecule has 0 bridgehead atoms. The molecule has 0 saturated heterocycles. The third-order valence-electron chi connectivity index (χ3n) is 3.22. The number of hydrogen-bond acceptors (Lipinski definition) is 2. The minimum absolute atomic E-state index is 0.239. The summed E-state index contributed by atoms with van der Waals surface area (Å²) in [4.78, 5) is 0. The largest absolute Gasteiger partial charge is 0.493 e. The van der Waals surface area contributed by atoms with Crippen molar-refractivity contribution in [3.63, 3.8) is 0 Å². The van der Waals surface area contributed by atoms with Gasteiger partial charge in [0.25, 0.3) is 0 Å². The Morgan fingerprint density at radius 2 is 2.05 bits per heavy atom. The first-order valence-electron chi connectivity index (χ1n) is 6.17. The van der Waals surface area contributed by atoms with Crippen LogP contribution in [0.5, 0.6) is 5.75 Å². The Bertz CT molecular complexity index is 602. The van der Waals surface area contributed by atoms with E-state index in [2.05, 4.69) is 27.3 Å². The first-order chi connectivity index (χ1) is 9.24. The molecule has 98 valence electrons. The zero-order chi connectivity index (χ0) is 13.2. The van der Waals surface area contributed by atoms with E-state index >= 15 is 0 Å². The van der Waals surface area contributed by atoms with Crippen molar-refractivity contribution in [2.45, 2.75) is 12.5 Å². The fraction of sp³-hybridized carbons (Fsp3) is 0.200. The molecule has 0 spiro atoms. The third-order valence-corrected chi connectivity index (χ3v) is 4.03. The van der Waals surface area contributed by atoms with Crippen LogP contribution in [0.3, 0.4) is 0 Å². The van der Waals surface area contributed by atoms with Gasteiger partial charge >= 0.3 is 0 Å². The van der Waals surface area contributed by atoms with Crippen molar-refractivity contribution in [2.24, 2.45) is 0 Å². The van der Waals surface area contributed by atoms with E-state index in [1.54, 1.807) is 0 Å². The molecule has 1 heterocycles. The van der Waals surface area contributed by atoms with E-state index in [4.69, 9.17) is 16.3 Å². The molecule has 0 fully saturated rings. The number of halogens is 2. The standard InChI is InChI=1S/C15H13BrClNO/c16-10-5-6-14(12(17)9-10)18-13-7-8-19-15-4-2-1-3-11(13)15/h1-6,9,13,18H,7-8H2. The summed E-state index contributed by atoms with van der Waals surface area (Å²) in [5.74, 6) is 0.958. The average molecular weight is 339 g/mol. The maximum absolute atomic E-state index is 6.25. The van der Waals surface area contributed by atoms with Crippen molar-refractivity contribution in [1.29, 1.82) is 0 Å². The second-order valence-corrected chi connectivity index (χ2v) is 5.82. The lowest BCUT2D eigenvalue weighted by Crippen LogP contribution is -2.20. The molecule has 0 aliphatic carbocycles. The summed E-state index contributed by atoms with van der Waals surface area (Å²) < 4.78 is 6.64. The van der Waals surface area contributed by atoms with Crippen LogP contribution in [0.25, 0.3) is 0 Å². The number of anilines is 1. The lowest BCUT2D eigenvalue weighted by Gasteiger charge is -2.27. The molecule has 19 heavy (non-hydrogen) atoms. The molecule has 1 aliphatic rings. The van der Waals surface area contributed by atoms with Crippen molar-refractivity contribution in [2.75, 3.05) is 11.9 Å². The topological polar surface area (TPSA) is 21.3 Å². The summed E-state index contributed by atoms with van der Waals surface area (Å²) in [6.45, 7) is 0.725. The second kappa shape index (κ2) is 5.43. The van der Waals surface area contributed by atoms with Crippen LogP contribution in [-0.2, 0) is 0 Å². The average Bonchev–Trinajstić information content (AvgIpc) is 2.42. The molecular weight excluding hydrogens is 326 g/mol. The highest BCUT2D eigenvalue weighted by atomic mass is 79.9. The molecular formula is C15H13BrClNO. The first-order valence-corrected chi connectivity index (χ1v) is 7.34. The van der Waals surface area contributed by atoms with Crippen LogP contribution in [-0.4, -0.2) is 6.61 Å². The predicted octanol–water partition coefficient (Wildman–Crippen LogP) is 5.04. The molecule has 2 aromatic carbocycles. The van der Waals surface area contributed by atoms with E-state index in [9.17, 15) is 0 Å². The molecule has 1 N–H and O–H groups in total. The number of nitrogens with one attached hydrogen (secondary N) is 1. The normalized spacial score (nSPS) is 17.5. The van der Waals surface area contributed by atoms with E-state index < -0.39 is 0 Å². The van der Waals surface area contributed by atoms with Crippen LogP contribution in [0.4, 0.5) is 5.69 Å². The van der Waals surface area contributed by atoms with Crippen LogP contribution >= 0.6 is 27.5 Å².